The molecule has 1 aliphatic rings. The molecular formula is C22H25NO8. The third-order valence-electron chi connectivity index (χ3n) is 5.06. The maximum absolute atomic E-state index is 11.9. The number of ether oxygens (including phenoxy) is 2. The van der Waals surface area contributed by atoms with Gasteiger partial charge in [-0.05, 0) is 24.6 Å². The first kappa shape index (κ1) is 22.7. The molecule has 1 heterocycles. The van der Waals surface area contributed by atoms with Crippen LogP contribution in [0.5, 0.6) is 5.75 Å². The molecule has 166 valence electrons. The van der Waals surface area contributed by atoms with Gasteiger partial charge in [-0.15, -0.1) is 0 Å². The molecule has 9 heteroatoms. The molecule has 0 saturated carbocycles. The Morgan fingerprint density at radius 2 is 1.84 bits per heavy atom. The van der Waals surface area contributed by atoms with E-state index in [-0.39, 0.29) is 11.3 Å². The first-order valence-electron chi connectivity index (χ1n) is 9.72. The van der Waals surface area contributed by atoms with Crippen molar-refractivity contribution in [3.05, 3.63) is 53.6 Å². The highest BCUT2D eigenvalue weighted by molar-refractivity contribution is 5.98. The number of carboxylic acids is 1. The minimum absolute atomic E-state index is 0.00530. The average molecular weight is 431 g/mol. The summed E-state index contributed by atoms with van der Waals surface area (Å²) in [5.74, 6) is -1.51. The molecule has 5 N–H and O–H groups in total. The molecule has 2 aromatic rings. The number of carbonyl (C=O) groups excluding carboxylic acids is 1. The molecule has 2 unspecified atom stereocenters. The molecule has 1 amide bonds. The smallest absolute Gasteiger partial charge is 0.336 e. The van der Waals surface area contributed by atoms with Gasteiger partial charge in [0.15, 0.2) is 0 Å². The second-order valence-electron chi connectivity index (χ2n) is 7.40. The second kappa shape index (κ2) is 9.44. The number of aromatic carboxylic acids is 1. The highest BCUT2D eigenvalue weighted by Crippen LogP contribution is 2.36. The largest absolute Gasteiger partial charge is 0.478 e. The summed E-state index contributed by atoms with van der Waals surface area (Å²) in [6.45, 7) is 2.51. The highest BCUT2D eigenvalue weighted by Gasteiger charge is 2.46. The molecule has 3 rings (SSSR count). The van der Waals surface area contributed by atoms with E-state index >= 15 is 0 Å². The summed E-state index contributed by atoms with van der Waals surface area (Å²) in [5, 5.41) is 42.3. The van der Waals surface area contributed by atoms with Crippen molar-refractivity contribution in [3.8, 4) is 16.9 Å². The van der Waals surface area contributed by atoms with Crippen LogP contribution in [0.15, 0.2) is 42.5 Å². The highest BCUT2D eigenvalue weighted by atomic mass is 16.7. The number of amides is 1. The molecule has 1 fully saturated rings. The van der Waals surface area contributed by atoms with Crippen LogP contribution in [0.1, 0.15) is 22.8 Å². The minimum Gasteiger partial charge on any atom is -0.478 e. The van der Waals surface area contributed by atoms with E-state index in [1.807, 2.05) is 13.0 Å². The van der Waals surface area contributed by atoms with E-state index in [2.05, 4.69) is 5.32 Å². The lowest BCUT2D eigenvalue weighted by Crippen LogP contribution is -2.65. The summed E-state index contributed by atoms with van der Waals surface area (Å²) < 4.78 is 11.6. The van der Waals surface area contributed by atoms with Gasteiger partial charge in [0.25, 0.3) is 0 Å². The number of aliphatic hydroxyl groups is 3. The van der Waals surface area contributed by atoms with Gasteiger partial charge in [0.2, 0.25) is 12.2 Å². The van der Waals surface area contributed by atoms with Crippen molar-refractivity contribution in [2.75, 3.05) is 6.61 Å². The van der Waals surface area contributed by atoms with E-state index in [9.17, 15) is 30.0 Å². The van der Waals surface area contributed by atoms with Crippen LogP contribution >= 0.6 is 0 Å². The average Bonchev–Trinajstić information content (AvgIpc) is 2.72. The van der Waals surface area contributed by atoms with Gasteiger partial charge >= 0.3 is 5.97 Å². The molecule has 31 heavy (non-hydrogen) atoms. The lowest BCUT2D eigenvalue weighted by Gasteiger charge is -2.42. The Labute approximate surface area is 178 Å². The topological polar surface area (TPSA) is 146 Å². The van der Waals surface area contributed by atoms with Crippen molar-refractivity contribution < 1.29 is 39.5 Å². The summed E-state index contributed by atoms with van der Waals surface area (Å²) in [5.41, 5.74) is 1.80. The number of benzene rings is 2. The molecule has 9 nitrogen and oxygen atoms in total. The second-order valence-corrected chi connectivity index (χ2v) is 7.40. The lowest BCUT2D eigenvalue weighted by molar-refractivity contribution is -0.244. The summed E-state index contributed by atoms with van der Waals surface area (Å²) in [7, 11) is 0. The van der Waals surface area contributed by atoms with Crippen LogP contribution in [0.3, 0.4) is 0 Å². The Hall–Kier alpha value is -2.98. The number of carbonyl (C=O) groups is 2. The summed E-state index contributed by atoms with van der Waals surface area (Å²) >= 11 is 0. The normalized spacial score (nSPS) is 25.6. The van der Waals surface area contributed by atoms with Crippen molar-refractivity contribution in [3.63, 3.8) is 0 Å². The van der Waals surface area contributed by atoms with E-state index in [4.69, 9.17) is 9.47 Å². The monoisotopic (exact) mass is 431 g/mol. The van der Waals surface area contributed by atoms with E-state index in [0.29, 0.717) is 11.1 Å². The number of carboxylic acid groups (broad SMARTS) is 1. The number of rotatable bonds is 6. The first-order chi connectivity index (χ1) is 14.7. The fourth-order valence-corrected chi connectivity index (χ4v) is 3.60. The maximum atomic E-state index is 11.9. The zero-order chi connectivity index (χ0) is 22.7. The third kappa shape index (κ3) is 4.86. The number of hydrogen-bond acceptors (Lipinski definition) is 7. The Kier molecular flexibility index (Phi) is 6.91. The van der Waals surface area contributed by atoms with Gasteiger partial charge in [-0.1, -0.05) is 35.9 Å². The number of nitrogens with one attached hydrogen (secondary N) is 1. The quantitative estimate of drug-likeness (QED) is 0.449. The van der Waals surface area contributed by atoms with Crippen LogP contribution in [0.4, 0.5) is 0 Å². The summed E-state index contributed by atoms with van der Waals surface area (Å²) in [4.78, 5) is 23.5. The molecule has 0 aliphatic carbocycles. The zero-order valence-electron chi connectivity index (χ0n) is 17.1. The van der Waals surface area contributed by atoms with Gasteiger partial charge in [0.05, 0.1) is 12.2 Å². The molecule has 0 spiro atoms. The standard InChI is InChI=1S/C22H25NO8/c1-11-5-3-6-13(9-11)17-14(21(28)29)7-4-8-15(17)30-22-18(23-12(2)25)20(27)19(26)16(10-24)31-22/h3-9,16,18-20,22,24,26-27H,10H2,1-2H3,(H,23,25)(H,28,29)/t16?,18?,19-,20+,22+/m0/s1. The molecule has 1 saturated heterocycles. The number of aryl methyl sites for hydroxylation is 1. The van der Waals surface area contributed by atoms with Crippen LogP contribution in [-0.2, 0) is 9.53 Å². The molecule has 0 aromatic heterocycles. The van der Waals surface area contributed by atoms with Crippen LogP contribution in [-0.4, -0.2) is 69.6 Å². The van der Waals surface area contributed by atoms with Crippen molar-refractivity contribution in [1.29, 1.82) is 0 Å². The maximum Gasteiger partial charge on any atom is 0.336 e. The minimum atomic E-state index is -1.48. The van der Waals surface area contributed by atoms with Crippen molar-refractivity contribution in [2.24, 2.45) is 0 Å². The Morgan fingerprint density at radius 3 is 2.45 bits per heavy atom. The van der Waals surface area contributed by atoms with Crippen LogP contribution in [0.2, 0.25) is 0 Å². The van der Waals surface area contributed by atoms with Crippen LogP contribution in [0, 0.1) is 6.92 Å². The fourth-order valence-electron chi connectivity index (χ4n) is 3.60. The molecule has 5 atom stereocenters. The number of hydrogen-bond donors (Lipinski definition) is 5. The summed E-state index contributed by atoms with van der Waals surface area (Å²) in [6.07, 6.45) is -5.39. The first-order valence-corrected chi connectivity index (χ1v) is 9.72. The zero-order valence-corrected chi connectivity index (χ0v) is 17.1. The Bertz CT molecular complexity index is 962. The molecule has 0 bridgehead atoms. The SMILES string of the molecule is CC(=O)NC1[C@H](Oc2cccc(C(=O)O)c2-c2cccc(C)c2)OC(CO)[C@H](O)[C@@H]1O. The molecule has 2 aromatic carbocycles. The van der Waals surface area contributed by atoms with Crippen LogP contribution in [0.25, 0.3) is 11.1 Å². The molecule has 1 aliphatic heterocycles. The predicted octanol–water partition coefficient (Wildman–Crippen LogP) is 0.683. The van der Waals surface area contributed by atoms with E-state index in [1.165, 1.54) is 19.1 Å². The van der Waals surface area contributed by atoms with Crippen molar-refractivity contribution >= 4 is 11.9 Å². The number of aliphatic hydroxyl groups excluding tert-OH is 3. The van der Waals surface area contributed by atoms with Gasteiger partial charge in [0, 0.05) is 12.5 Å². The van der Waals surface area contributed by atoms with Gasteiger partial charge in [-0.25, -0.2) is 4.79 Å². The van der Waals surface area contributed by atoms with Gasteiger partial charge < -0.3 is 35.2 Å². The van der Waals surface area contributed by atoms with Crippen molar-refractivity contribution in [2.45, 2.75) is 44.5 Å². The van der Waals surface area contributed by atoms with Gasteiger partial charge in [0.1, 0.15) is 30.1 Å². The van der Waals surface area contributed by atoms with Crippen LogP contribution < -0.4 is 10.1 Å². The lowest BCUT2D eigenvalue weighted by atomic mass is 9.95. The fraction of sp³-hybridized carbons (Fsp3) is 0.364. The third-order valence-corrected chi connectivity index (χ3v) is 5.06. The van der Waals surface area contributed by atoms with E-state index in [0.717, 1.165) is 5.56 Å². The molecular weight excluding hydrogens is 406 g/mol. The summed E-state index contributed by atoms with van der Waals surface area (Å²) in [6, 6.07) is 10.5. The van der Waals surface area contributed by atoms with Gasteiger partial charge in [-0.3, -0.25) is 4.79 Å². The predicted molar refractivity (Wildman–Crippen MR) is 110 cm³/mol. The van der Waals surface area contributed by atoms with Gasteiger partial charge in [-0.2, -0.15) is 0 Å². The Balaban J connectivity index is 2.06. The Morgan fingerprint density at radius 1 is 1.13 bits per heavy atom. The van der Waals surface area contributed by atoms with E-state index in [1.54, 1.807) is 24.3 Å². The van der Waals surface area contributed by atoms with Crippen molar-refractivity contribution in [1.82, 2.24) is 5.32 Å². The molecule has 0 radical (unpaired) electrons. The van der Waals surface area contributed by atoms with E-state index < -0.39 is 49.1 Å².